The monoisotopic (exact) mass is 381 g/mol. The molecule has 0 spiro atoms. The molecule has 0 unspecified atom stereocenters. The summed E-state index contributed by atoms with van der Waals surface area (Å²) < 4.78 is 10.4. The van der Waals surface area contributed by atoms with Gasteiger partial charge in [-0.2, -0.15) is 0 Å². The molecule has 132 valence electrons. The van der Waals surface area contributed by atoms with Crippen molar-refractivity contribution in [3.8, 4) is 5.75 Å². The van der Waals surface area contributed by atoms with Crippen LogP contribution in [0.25, 0.3) is 0 Å². The maximum atomic E-state index is 11.9. The number of ether oxygens (including phenoxy) is 2. The van der Waals surface area contributed by atoms with Gasteiger partial charge in [0.2, 0.25) is 0 Å². The summed E-state index contributed by atoms with van der Waals surface area (Å²) in [7, 11) is 0. The second kappa shape index (κ2) is 9.30. The third-order valence-corrected chi connectivity index (χ3v) is 3.62. The van der Waals surface area contributed by atoms with Gasteiger partial charge in [-0.1, -0.05) is 30.1 Å². The van der Waals surface area contributed by atoms with Crippen LogP contribution in [-0.4, -0.2) is 25.1 Å². The maximum Gasteiger partial charge on any atom is 0.338 e. The van der Waals surface area contributed by atoms with Crippen LogP contribution in [0, 0.1) is 0 Å². The Hall–Kier alpha value is -2.24. The minimum absolute atomic E-state index is 0.207. The Morgan fingerprint density at radius 2 is 1.80 bits per heavy atom. The van der Waals surface area contributed by atoms with E-state index in [2.05, 4.69) is 5.32 Å². The predicted octanol–water partition coefficient (Wildman–Crippen LogP) is 4.58. The summed E-state index contributed by atoms with van der Waals surface area (Å²) in [5, 5.41) is 3.48. The Labute approximate surface area is 155 Å². The molecule has 0 aliphatic rings. The van der Waals surface area contributed by atoms with Gasteiger partial charge in [-0.3, -0.25) is 4.79 Å². The zero-order chi connectivity index (χ0) is 18.2. The molecule has 0 fully saturated rings. The van der Waals surface area contributed by atoms with E-state index in [0.29, 0.717) is 33.7 Å². The average Bonchev–Trinajstić information content (AvgIpc) is 2.59. The number of hydrogen-bond acceptors (Lipinski definition) is 4. The average molecular weight is 382 g/mol. The van der Waals surface area contributed by atoms with Gasteiger partial charge in [0.25, 0.3) is 5.91 Å². The van der Waals surface area contributed by atoms with Crippen LogP contribution in [-0.2, 0) is 9.53 Å². The Balaban J connectivity index is 1.87. The molecule has 2 aromatic rings. The van der Waals surface area contributed by atoms with E-state index >= 15 is 0 Å². The third-order valence-electron chi connectivity index (χ3n) is 3.09. The van der Waals surface area contributed by atoms with Crippen molar-refractivity contribution < 1.29 is 19.1 Å². The molecule has 0 aliphatic carbocycles. The number of carbonyl (C=O) groups excluding carboxylic acids is 2. The van der Waals surface area contributed by atoms with Crippen molar-refractivity contribution in [3.63, 3.8) is 0 Å². The van der Waals surface area contributed by atoms with E-state index in [1.165, 1.54) is 6.07 Å². The van der Waals surface area contributed by atoms with Crippen LogP contribution < -0.4 is 10.1 Å². The van der Waals surface area contributed by atoms with Crippen molar-refractivity contribution in [2.45, 2.75) is 13.3 Å². The van der Waals surface area contributed by atoms with Crippen molar-refractivity contribution in [1.29, 1.82) is 0 Å². The second-order valence-corrected chi connectivity index (χ2v) is 5.97. The zero-order valence-corrected chi connectivity index (χ0v) is 15.1. The molecule has 0 aliphatic heterocycles. The number of nitrogens with one attached hydrogen (secondary N) is 1. The smallest absolute Gasteiger partial charge is 0.338 e. The first kappa shape index (κ1) is 19.1. The Morgan fingerprint density at radius 3 is 2.44 bits per heavy atom. The maximum absolute atomic E-state index is 11.9. The highest BCUT2D eigenvalue weighted by atomic mass is 35.5. The first-order valence-corrected chi connectivity index (χ1v) is 8.40. The number of esters is 1. The fraction of sp³-hybridized carbons (Fsp3) is 0.222. The quantitative estimate of drug-likeness (QED) is 0.712. The standard InChI is InChI=1S/C18H17Cl2NO4/c1-2-9-24-18(23)12-3-6-14(7-4-12)21-17(22)11-25-16-8-5-13(19)10-15(16)20/h3-8,10H,2,9,11H2,1H3,(H,21,22). The van der Waals surface area contributed by atoms with Crippen LogP contribution in [0.4, 0.5) is 5.69 Å². The summed E-state index contributed by atoms with van der Waals surface area (Å²) in [4.78, 5) is 23.6. The van der Waals surface area contributed by atoms with Gasteiger partial charge in [0.05, 0.1) is 17.2 Å². The molecule has 2 rings (SSSR count). The Bertz CT molecular complexity index is 747. The van der Waals surface area contributed by atoms with E-state index in [9.17, 15) is 9.59 Å². The number of benzene rings is 2. The normalized spacial score (nSPS) is 10.2. The first-order valence-electron chi connectivity index (χ1n) is 7.64. The fourth-order valence-corrected chi connectivity index (χ4v) is 2.36. The van der Waals surface area contributed by atoms with Crippen molar-refractivity contribution >= 4 is 40.8 Å². The molecule has 0 bridgehead atoms. The SMILES string of the molecule is CCCOC(=O)c1ccc(NC(=O)COc2ccc(Cl)cc2Cl)cc1. The van der Waals surface area contributed by atoms with Crippen molar-refractivity contribution in [1.82, 2.24) is 0 Å². The summed E-state index contributed by atoms with van der Waals surface area (Å²) in [6.45, 7) is 2.09. The molecular formula is C18H17Cl2NO4. The van der Waals surface area contributed by atoms with E-state index in [1.54, 1.807) is 36.4 Å². The van der Waals surface area contributed by atoms with Crippen LogP contribution in [0.3, 0.4) is 0 Å². The summed E-state index contributed by atoms with van der Waals surface area (Å²) >= 11 is 11.8. The van der Waals surface area contributed by atoms with Crippen LogP contribution in [0.1, 0.15) is 23.7 Å². The van der Waals surface area contributed by atoms with Gasteiger partial charge in [0.15, 0.2) is 6.61 Å². The van der Waals surface area contributed by atoms with Crippen molar-refractivity contribution in [3.05, 3.63) is 58.1 Å². The summed E-state index contributed by atoms with van der Waals surface area (Å²) in [5.74, 6) is -0.372. The highest BCUT2D eigenvalue weighted by Crippen LogP contribution is 2.27. The molecule has 0 atom stereocenters. The summed E-state index contributed by atoms with van der Waals surface area (Å²) in [6.07, 6.45) is 0.761. The molecule has 1 N–H and O–H groups in total. The number of anilines is 1. The van der Waals surface area contributed by atoms with Gasteiger partial charge < -0.3 is 14.8 Å². The molecule has 0 heterocycles. The minimum Gasteiger partial charge on any atom is -0.482 e. The van der Waals surface area contributed by atoms with Crippen LogP contribution in [0.2, 0.25) is 10.0 Å². The summed E-state index contributed by atoms with van der Waals surface area (Å²) in [6, 6.07) is 11.2. The molecule has 0 saturated carbocycles. The molecule has 2 aromatic carbocycles. The lowest BCUT2D eigenvalue weighted by Gasteiger charge is -2.09. The highest BCUT2D eigenvalue weighted by Gasteiger charge is 2.09. The zero-order valence-electron chi connectivity index (χ0n) is 13.6. The predicted molar refractivity (Wildman–Crippen MR) is 97.6 cm³/mol. The fourth-order valence-electron chi connectivity index (χ4n) is 1.90. The number of amides is 1. The molecule has 0 aromatic heterocycles. The molecule has 25 heavy (non-hydrogen) atoms. The van der Waals surface area contributed by atoms with Crippen molar-refractivity contribution in [2.24, 2.45) is 0 Å². The largest absolute Gasteiger partial charge is 0.482 e. The van der Waals surface area contributed by atoms with Gasteiger partial charge in [-0.05, 0) is 48.9 Å². The number of halogens is 2. The van der Waals surface area contributed by atoms with Crippen LogP contribution >= 0.6 is 23.2 Å². The molecule has 7 heteroatoms. The topological polar surface area (TPSA) is 64.6 Å². The molecular weight excluding hydrogens is 365 g/mol. The number of hydrogen-bond donors (Lipinski definition) is 1. The van der Waals surface area contributed by atoms with E-state index in [0.717, 1.165) is 6.42 Å². The third kappa shape index (κ3) is 5.96. The minimum atomic E-state index is -0.388. The van der Waals surface area contributed by atoms with E-state index < -0.39 is 0 Å². The van der Waals surface area contributed by atoms with Gasteiger partial charge in [0, 0.05) is 10.7 Å². The summed E-state index contributed by atoms with van der Waals surface area (Å²) in [5.41, 5.74) is 0.971. The Morgan fingerprint density at radius 1 is 1.08 bits per heavy atom. The van der Waals surface area contributed by atoms with Gasteiger partial charge in [0.1, 0.15) is 5.75 Å². The van der Waals surface area contributed by atoms with E-state index in [4.69, 9.17) is 32.7 Å². The van der Waals surface area contributed by atoms with Crippen LogP contribution in [0.15, 0.2) is 42.5 Å². The number of carbonyl (C=O) groups is 2. The first-order chi connectivity index (χ1) is 12.0. The molecule has 0 saturated heterocycles. The lowest BCUT2D eigenvalue weighted by atomic mass is 10.2. The van der Waals surface area contributed by atoms with E-state index in [-0.39, 0.29) is 18.5 Å². The van der Waals surface area contributed by atoms with E-state index in [1.807, 2.05) is 6.92 Å². The Kier molecular flexibility index (Phi) is 7.10. The molecule has 1 amide bonds. The lowest BCUT2D eigenvalue weighted by molar-refractivity contribution is -0.118. The highest BCUT2D eigenvalue weighted by molar-refractivity contribution is 6.35. The number of rotatable bonds is 7. The van der Waals surface area contributed by atoms with Crippen LogP contribution in [0.5, 0.6) is 5.75 Å². The van der Waals surface area contributed by atoms with Crippen molar-refractivity contribution in [2.75, 3.05) is 18.5 Å². The molecule has 0 radical (unpaired) electrons. The lowest BCUT2D eigenvalue weighted by Crippen LogP contribution is -2.20. The second-order valence-electron chi connectivity index (χ2n) is 5.12. The van der Waals surface area contributed by atoms with Gasteiger partial charge in [-0.15, -0.1) is 0 Å². The van der Waals surface area contributed by atoms with Gasteiger partial charge >= 0.3 is 5.97 Å². The molecule has 5 nitrogen and oxygen atoms in total. The van der Waals surface area contributed by atoms with Gasteiger partial charge in [-0.25, -0.2) is 4.79 Å².